The molecular formula is C16H16N2O3. The third kappa shape index (κ3) is 2.35. The number of carbonyl (C=O) groups is 2. The number of anilines is 1. The lowest BCUT2D eigenvalue weighted by Crippen LogP contribution is -2.23. The second kappa shape index (κ2) is 5.52. The number of benzene rings is 1. The van der Waals surface area contributed by atoms with E-state index in [2.05, 4.69) is 9.88 Å². The summed E-state index contributed by atoms with van der Waals surface area (Å²) in [6.45, 7) is 1.43. The lowest BCUT2D eigenvalue weighted by molar-refractivity contribution is -0.144. The first kappa shape index (κ1) is 13.5. The van der Waals surface area contributed by atoms with Gasteiger partial charge in [-0.15, -0.1) is 0 Å². The molecule has 108 valence electrons. The van der Waals surface area contributed by atoms with E-state index < -0.39 is 0 Å². The highest BCUT2D eigenvalue weighted by molar-refractivity contribution is 6.02. The molecule has 0 amide bonds. The Labute approximate surface area is 122 Å². The van der Waals surface area contributed by atoms with Gasteiger partial charge in [0.2, 0.25) is 0 Å². The first-order valence-corrected chi connectivity index (χ1v) is 6.90. The number of ether oxygens (including phenoxy) is 1. The van der Waals surface area contributed by atoms with Gasteiger partial charge in [-0.3, -0.25) is 14.6 Å². The molecule has 0 saturated carbocycles. The fourth-order valence-corrected chi connectivity index (χ4v) is 2.89. The van der Waals surface area contributed by atoms with E-state index in [1.807, 2.05) is 18.2 Å². The molecule has 1 aliphatic rings. The Bertz CT molecular complexity index is 699. The number of fused-ring (bicyclic) bond motifs is 1. The van der Waals surface area contributed by atoms with Crippen molar-refractivity contribution in [2.24, 2.45) is 5.92 Å². The van der Waals surface area contributed by atoms with E-state index >= 15 is 0 Å². The topological polar surface area (TPSA) is 59.5 Å². The van der Waals surface area contributed by atoms with Crippen molar-refractivity contribution in [2.45, 2.75) is 6.42 Å². The van der Waals surface area contributed by atoms with Gasteiger partial charge < -0.3 is 9.64 Å². The SMILES string of the molecule is COC(=O)C1CCN(c2ccc(C=O)c3ncccc23)C1. The highest BCUT2D eigenvalue weighted by Gasteiger charge is 2.30. The molecule has 1 aromatic heterocycles. The lowest BCUT2D eigenvalue weighted by Gasteiger charge is -2.20. The summed E-state index contributed by atoms with van der Waals surface area (Å²) in [4.78, 5) is 29.2. The molecule has 1 fully saturated rings. The van der Waals surface area contributed by atoms with Gasteiger partial charge in [0, 0.05) is 35.9 Å². The van der Waals surface area contributed by atoms with Crippen molar-refractivity contribution in [1.29, 1.82) is 0 Å². The number of hydrogen-bond donors (Lipinski definition) is 0. The number of esters is 1. The average Bonchev–Trinajstić information content (AvgIpc) is 3.02. The van der Waals surface area contributed by atoms with Gasteiger partial charge in [0.1, 0.15) is 0 Å². The number of pyridine rings is 1. The normalized spacial score (nSPS) is 18.0. The van der Waals surface area contributed by atoms with Gasteiger partial charge in [-0.1, -0.05) is 0 Å². The van der Waals surface area contributed by atoms with Crippen LogP contribution in [0.2, 0.25) is 0 Å². The summed E-state index contributed by atoms with van der Waals surface area (Å²) in [6, 6.07) is 7.51. The van der Waals surface area contributed by atoms with Crippen LogP contribution in [0.1, 0.15) is 16.8 Å². The van der Waals surface area contributed by atoms with Crippen molar-refractivity contribution in [2.75, 3.05) is 25.1 Å². The zero-order chi connectivity index (χ0) is 14.8. The van der Waals surface area contributed by atoms with Crippen LogP contribution in [0.3, 0.4) is 0 Å². The molecule has 0 radical (unpaired) electrons. The number of rotatable bonds is 3. The van der Waals surface area contributed by atoms with Crippen molar-refractivity contribution < 1.29 is 14.3 Å². The number of aldehydes is 1. The van der Waals surface area contributed by atoms with E-state index in [-0.39, 0.29) is 11.9 Å². The van der Waals surface area contributed by atoms with Crippen LogP contribution in [0.15, 0.2) is 30.5 Å². The fourth-order valence-electron chi connectivity index (χ4n) is 2.89. The average molecular weight is 284 g/mol. The van der Waals surface area contributed by atoms with E-state index in [0.717, 1.165) is 30.3 Å². The first-order chi connectivity index (χ1) is 10.2. The summed E-state index contributed by atoms with van der Waals surface area (Å²) in [5, 5.41) is 0.938. The lowest BCUT2D eigenvalue weighted by atomic mass is 10.1. The molecule has 5 nitrogen and oxygen atoms in total. The van der Waals surface area contributed by atoms with Crippen LogP contribution >= 0.6 is 0 Å². The van der Waals surface area contributed by atoms with Gasteiger partial charge in [-0.05, 0) is 30.7 Å². The predicted octanol–water partition coefficient (Wildman–Crippen LogP) is 2.05. The van der Waals surface area contributed by atoms with Crippen molar-refractivity contribution in [3.05, 3.63) is 36.0 Å². The zero-order valence-corrected chi connectivity index (χ0v) is 11.8. The predicted molar refractivity (Wildman–Crippen MR) is 79.5 cm³/mol. The first-order valence-electron chi connectivity index (χ1n) is 6.90. The van der Waals surface area contributed by atoms with Crippen molar-refractivity contribution >= 4 is 28.8 Å². The van der Waals surface area contributed by atoms with Crippen molar-refractivity contribution in [1.82, 2.24) is 4.98 Å². The summed E-state index contributed by atoms with van der Waals surface area (Å²) in [7, 11) is 1.42. The maximum absolute atomic E-state index is 11.6. The third-order valence-corrected chi connectivity index (χ3v) is 3.97. The Morgan fingerprint density at radius 2 is 2.29 bits per heavy atom. The van der Waals surface area contributed by atoms with Crippen molar-refractivity contribution in [3.8, 4) is 0 Å². The van der Waals surface area contributed by atoms with Gasteiger partial charge in [-0.2, -0.15) is 0 Å². The maximum Gasteiger partial charge on any atom is 0.310 e. The van der Waals surface area contributed by atoms with E-state index in [1.54, 1.807) is 12.3 Å². The molecule has 2 aromatic rings. The minimum atomic E-state index is -0.163. The molecule has 0 bridgehead atoms. The zero-order valence-electron chi connectivity index (χ0n) is 11.8. The van der Waals surface area contributed by atoms with E-state index in [0.29, 0.717) is 17.6 Å². The van der Waals surface area contributed by atoms with Crippen LogP contribution in [0.4, 0.5) is 5.69 Å². The molecule has 1 aliphatic heterocycles. The van der Waals surface area contributed by atoms with Gasteiger partial charge in [-0.25, -0.2) is 0 Å². The number of aromatic nitrogens is 1. The Hall–Kier alpha value is -2.43. The monoisotopic (exact) mass is 284 g/mol. The molecule has 2 heterocycles. The van der Waals surface area contributed by atoms with Gasteiger partial charge in [0.25, 0.3) is 0 Å². The molecule has 0 aliphatic carbocycles. The van der Waals surface area contributed by atoms with Gasteiger partial charge in [0.15, 0.2) is 6.29 Å². The summed E-state index contributed by atoms with van der Waals surface area (Å²) in [6.07, 6.45) is 3.28. The van der Waals surface area contributed by atoms with Crippen LogP contribution in [-0.2, 0) is 9.53 Å². The quantitative estimate of drug-likeness (QED) is 0.637. The second-order valence-electron chi connectivity index (χ2n) is 5.15. The Morgan fingerprint density at radius 1 is 1.43 bits per heavy atom. The molecule has 5 heteroatoms. The van der Waals surface area contributed by atoms with E-state index in [1.165, 1.54) is 7.11 Å². The van der Waals surface area contributed by atoms with Gasteiger partial charge in [0.05, 0.1) is 18.5 Å². The van der Waals surface area contributed by atoms with Crippen LogP contribution in [0, 0.1) is 5.92 Å². The van der Waals surface area contributed by atoms with Crippen molar-refractivity contribution in [3.63, 3.8) is 0 Å². The van der Waals surface area contributed by atoms with Crippen LogP contribution < -0.4 is 4.90 Å². The van der Waals surface area contributed by atoms with Crippen LogP contribution in [0.25, 0.3) is 10.9 Å². The summed E-state index contributed by atoms with van der Waals surface area (Å²) < 4.78 is 4.82. The maximum atomic E-state index is 11.6. The van der Waals surface area contributed by atoms with Crippen LogP contribution in [0.5, 0.6) is 0 Å². The van der Waals surface area contributed by atoms with Crippen LogP contribution in [-0.4, -0.2) is 37.4 Å². The standard InChI is InChI=1S/C16H16N2O3/c1-21-16(20)11-6-8-18(9-11)14-5-4-12(10-19)15-13(14)3-2-7-17-15/h2-5,7,10-11H,6,8-9H2,1H3. The largest absolute Gasteiger partial charge is 0.469 e. The highest BCUT2D eigenvalue weighted by atomic mass is 16.5. The fraction of sp³-hybridized carbons (Fsp3) is 0.312. The third-order valence-electron chi connectivity index (χ3n) is 3.97. The molecule has 1 unspecified atom stereocenters. The molecular weight excluding hydrogens is 268 g/mol. The summed E-state index contributed by atoms with van der Waals surface area (Å²) in [5.41, 5.74) is 2.29. The Balaban J connectivity index is 1.99. The van der Waals surface area contributed by atoms with Gasteiger partial charge >= 0.3 is 5.97 Å². The summed E-state index contributed by atoms with van der Waals surface area (Å²) in [5.74, 6) is -0.253. The number of nitrogens with zero attached hydrogens (tertiary/aromatic N) is 2. The molecule has 1 saturated heterocycles. The molecule has 3 rings (SSSR count). The second-order valence-corrected chi connectivity index (χ2v) is 5.15. The molecule has 21 heavy (non-hydrogen) atoms. The highest BCUT2D eigenvalue weighted by Crippen LogP contribution is 2.31. The smallest absolute Gasteiger partial charge is 0.310 e. The van der Waals surface area contributed by atoms with E-state index in [9.17, 15) is 9.59 Å². The molecule has 1 atom stereocenters. The molecule has 0 N–H and O–H groups in total. The van der Waals surface area contributed by atoms with E-state index in [4.69, 9.17) is 4.74 Å². The number of hydrogen-bond acceptors (Lipinski definition) is 5. The molecule has 1 aromatic carbocycles. The number of methoxy groups -OCH3 is 1. The minimum absolute atomic E-state index is 0.0903. The minimum Gasteiger partial charge on any atom is -0.469 e. The summed E-state index contributed by atoms with van der Waals surface area (Å²) >= 11 is 0. The number of carbonyl (C=O) groups excluding carboxylic acids is 2. The Morgan fingerprint density at radius 3 is 3.05 bits per heavy atom. The Kier molecular flexibility index (Phi) is 3.56. The molecule has 0 spiro atoms.